The molecule has 0 radical (unpaired) electrons. The summed E-state index contributed by atoms with van der Waals surface area (Å²) in [5.74, 6) is -4.67. The summed E-state index contributed by atoms with van der Waals surface area (Å²) in [4.78, 5) is 0. The van der Waals surface area contributed by atoms with Gasteiger partial charge in [-0.25, -0.2) is 0 Å². The number of alkyl halides is 5. The SMILES string of the molecule is FC(F)(F)C(F)(F)C1(c2ccc(Br)cc2)CC1. The lowest BCUT2D eigenvalue weighted by molar-refractivity contribution is -0.296. The fourth-order valence-corrected chi connectivity index (χ4v) is 2.21. The van der Waals surface area contributed by atoms with E-state index < -0.39 is 17.5 Å². The molecule has 1 aliphatic carbocycles. The number of rotatable bonds is 2. The largest absolute Gasteiger partial charge is 0.454 e. The Balaban J connectivity index is 2.41. The van der Waals surface area contributed by atoms with Gasteiger partial charge in [0.2, 0.25) is 0 Å². The summed E-state index contributed by atoms with van der Waals surface area (Å²) in [6.45, 7) is 0. The summed E-state index contributed by atoms with van der Waals surface area (Å²) in [5.41, 5.74) is -2.02. The second kappa shape index (κ2) is 3.67. The molecule has 0 amide bonds. The van der Waals surface area contributed by atoms with Gasteiger partial charge < -0.3 is 0 Å². The molecule has 94 valence electrons. The van der Waals surface area contributed by atoms with Crippen LogP contribution in [-0.4, -0.2) is 12.1 Å². The predicted octanol–water partition coefficient (Wildman–Crippen LogP) is 4.68. The Labute approximate surface area is 103 Å². The molecule has 0 spiro atoms. The first-order valence-corrected chi connectivity index (χ1v) is 5.71. The molecule has 0 atom stereocenters. The zero-order valence-electron chi connectivity index (χ0n) is 8.49. The molecule has 17 heavy (non-hydrogen) atoms. The van der Waals surface area contributed by atoms with E-state index in [-0.39, 0.29) is 18.4 Å². The third-order valence-corrected chi connectivity index (χ3v) is 3.63. The second-order valence-electron chi connectivity index (χ2n) is 4.16. The molecular weight excluding hydrogens is 307 g/mol. The lowest BCUT2D eigenvalue weighted by Crippen LogP contribution is -2.47. The highest BCUT2D eigenvalue weighted by atomic mass is 79.9. The van der Waals surface area contributed by atoms with Crippen LogP contribution in [0.4, 0.5) is 22.0 Å². The Morgan fingerprint density at radius 2 is 1.41 bits per heavy atom. The van der Waals surface area contributed by atoms with Gasteiger partial charge in [0.15, 0.2) is 0 Å². The van der Waals surface area contributed by atoms with Crippen LogP contribution in [0, 0.1) is 0 Å². The standard InChI is InChI=1S/C11H8BrF5/c12-8-3-1-7(2-4-8)9(5-6-9)10(13,14)11(15,16)17/h1-4H,5-6H2. The third-order valence-electron chi connectivity index (χ3n) is 3.10. The maximum atomic E-state index is 13.4. The van der Waals surface area contributed by atoms with Crippen LogP contribution >= 0.6 is 15.9 Å². The van der Waals surface area contributed by atoms with E-state index in [0.29, 0.717) is 4.47 Å². The monoisotopic (exact) mass is 314 g/mol. The molecule has 1 fully saturated rings. The van der Waals surface area contributed by atoms with Gasteiger partial charge in [-0.05, 0) is 30.5 Å². The summed E-state index contributed by atoms with van der Waals surface area (Å²) < 4.78 is 64.6. The first kappa shape index (κ1) is 12.8. The number of halogens is 6. The van der Waals surface area contributed by atoms with E-state index in [1.54, 1.807) is 0 Å². The quantitative estimate of drug-likeness (QED) is 0.695. The van der Waals surface area contributed by atoms with Gasteiger partial charge in [0.1, 0.15) is 0 Å². The average molecular weight is 315 g/mol. The zero-order chi connectivity index (χ0) is 12.9. The average Bonchev–Trinajstić information content (AvgIpc) is 2.98. The van der Waals surface area contributed by atoms with Gasteiger partial charge in [-0.3, -0.25) is 0 Å². The van der Waals surface area contributed by atoms with E-state index in [0.717, 1.165) is 0 Å². The third kappa shape index (κ3) is 1.86. The van der Waals surface area contributed by atoms with Crippen molar-refractivity contribution in [2.24, 2.45) is 0 Å². The Morgan fingerprint density at radius 1 is 0.941 bits per heavy atom. The van der Waals surface area contributed by atoms with Gasteiger partial charge in [0, 0.05) is 4.47 Å². The molecule has 0 aromatic heterocycles. The molecular formula is C11H8BrF5. The normalized spacial score (nSPS) is 19.2. The van der Waals surface area contributed by atoms with Gasteiger partial charge >= 0.3 is 12.1 Å². The van der Waals surface area contributed by atoms with E-state index in [1.807, 2.05) is 0 Å². The smallest absolute Gasteiger partial charge is 0.195 e. The van der Waals surface area contributed by atoms with Crippen LogP contribution in [0.15, 0.2) is 28.7 Å². The molecule has 0 unspecified atom stereocenters. The lowest BCUT2D eigenvalue weighted by Gasteiger charge is -2.29. The molecule has 0 aliphatic heterocycles. The predicted molar refractivity (Wildman–Crippen MR) is 56.1 cm³/mol. The highest BCUT2D eigenvalue weighted by Crippen LogP contribution is 2.63. The van der Waals surface area contributed by atoms with Crippen molar-refractivity contribution in [2.45, 2.75) is 30.4 Å². The van der Waals surface area contributed by atoms with Crippen LogP contribution in [-0.2, 0) is 5.41 Å². The molecule has 0 N–H and O–H groups in total. The fourth-order valence-electron chi connectivity index (χ4n) is 1.95. The minimum Gasteiger partial charge on any atom is -0.195 e. The number of hydrogen-bond acceptors (Lipinski definition) is 0. The molecule has 1 aliphatic rings. The number of benzene rings is 1. The van der Waals surface area contributed by atoms with Crippen molar-refractivity contribution in [1.29, 1.82) is 0 Å². The molecule has 6 heteroatoms. The second-order valence-corrected chi connectivity index (χ2v) is 5.08. The van der Waals surface area contributed by atoms with Crippen LogP contribution < -0.4 is 0 Å². The molecule has 1 saturated carbocycles. The minimum atomic E-state index is -5.50. The van der Waals surface area contributed by atoms with Crippen molar-refractivity contribution in [3.8, 4) is 0 Å². The highest BCUT2D eigenvalue weighted by molar-refractivity contribution is 9.10. The zero-order valence-corrected chi connectivity index (χ0v) is 10.1. The van der Waals surface area contributed by atoms with E-state index in [2.05, 4.69) is 15.9 Å². The van der Waals surface area contributed by atoms with Crippen molar-refractivity contribution in [3.05, 3.63) is 34.3 Å². The Kier molecular flexibility index (Phi) is 2.76. The summed E-state index contributed by atoms with van der Waals surface area (Å²) in [6.07, 6.45) is -5.78. The van der Waals surface area contributed by atoms with E-state index in [4.69, 9.17) is 0 Å². The van der Waals surface area contributed by atoms with Crippen molar-refractivity contribution < 1.29 is 22.0 Å². The van der Waals surface area contributed by atoms with Gasteiger partial charge in [0.25, 0.3) is 0 Å². The van der Waals surface area contributed by atoms with Crippen LogP contribution in [0.5, 0.6) is 0 Å². The molecule has 1 aromatic carbocycles. The summed E-state index contributed by atoms with van der Waals surface area (Å²) in [5, 5.41) is 0. The van der Waals surface area contributed by atoms with Crippen LogP contribution in [0.1, 0.15) is 18.4 Å². The maximum Gasteiger partial charge on any atom is 0.454 e. The van der Waals surface area contributed by atoms with E-state index in [9.17, 15) is 22.0 Å². The van der Waals surface area contributed by atoms with E-state index in [1.165, 1.54) is 24.3 Å². The summed E-state index contributed by atoms with van der Waals surface area (Å²) in [6, 6.07) is 5.58. The number of hydrogen-bond donors (Lipinski definition) is 0. The van der Waals surface area contributed by atoms with E-state index >= 15 is 0 Å². The minimum absolute atomic E-state index is 0.0445. The van der Waals surface area contributed by atoms with Crippen molar-refractivity contribution in [2.75, 3.05) is 0 Å². The first-order chi connectivity index (χ1) is 7.71. The van der Waals surface area contributed by atoms with Crippen molar-refractivity contribution in [3.63, 3.8) is 0 Å². The van der Waals surface area contributed by atoms with Gasteiger partial charge in [0.05, 0.1) is 5.41 Å². The lowest BCUT2D eigenvalue weighted by atomic mass is 9.88. The molecule has 0 heterocycles. The van der Waals surface area contributed by atoms with Gasteiger partial charge in [-0.15, -0.1) is 0 Å². The van der Waals surface area contributed by atoms with Crippen LogP contribution in [0.25, 0.3) is 0 Å². The topological polar surface area (TPSA) is 0 Å². The van der Waals surface area contributed by atoms with Gasteiger partial charge in [-0.1, -0.05) is 28.1 Å². The fraction of sp³-hybridized carbons (Fsp3) is 0.455. The maximum absolute atomic E-state index is 13.4. The molecule has 2 rings (SSSR count). The van der Waals surface area contributed by atoms with Crippen molar-refractivity contribution >= 4 is 15.9 Å². The molecule has 0 saturated heterocycles. The highest BCUT2D eigenvalue weighted by Gasteiger charge is 2.75. The first-order valence-electron chi connectivity index (χ1n) is 4.91. The Morgan fingerprint density at radius 3 is 1.76 bits per heavy atom. The van der Waals surface area contributed by atoms with Crippen LogP contribution in [0.3, 0.4) is 0 Å². The van der Waals surface area contributed by atoms with Gasteiger partial charge in [-0.2, -0.15) is 22.0 Å². The van der Waals surface area contributed by atoms with Crippen LogP contribution in [0.2, 0.25) is 0 Å². The summed E-state index contributed by atoms with van der Waals surface area (Å²) in [7, 11) is 0. The molecule has 0 bridgehead atoms. The van der Waals surface area contributed by atoms with Crippen molar-refractivity contribution in [1.82, 2.24) is 0 Å². The Bertz CT molecular complexity index is 416. The molecule has 0 nitrogen and oxygen atoms in total. The summed E-state index contributed by atoms with van der Waals surface area (Å²) >= 11 is 3.11. The molecule has 1 aromatic rings. The Hall–Kier alpha value is -0.650.